The van der Waals surface area contributed by atoms with Gasteiger partial charge in [0, 0.05) is 26.2 Å². The molecule has 9 heavy (non-hydrogen) atoms. The van der Waals surface area contributed by atoms with Gasteiger partial charge in [-0.25, -0.2) is 0 Å². The standard InChI is InChI=1S/C4H10N2.C2H4O/c1-2-6-4-3-5-1;1-2-3/h5-6H,1-4H2;2H,1H3. The second-order valence-corrected chi connectivity index (χ2v) is 1.74. The molecule has 0 aromatic rings. The average molecular weight is 130 g/mol. The Morgan fingerprint density at radius 2 is 1.33 bits per heavy atom. The highest BCUT2D eigenvalue weighted by Gasteiger charge is 1.91. The summed E-state index contributed by atoms with van der Waals surface area (Å²) < 4.78 is 0. The first-order chi connectivity index (χ1) is 4.41. The molecule has 1 fully saturated rings. The minimum absolute atomic E-state index is 0.750. The first-order valence-corrected chi connectivity index (χ1v) is 3.23. The zero-order chi connectivity index (χ0) is 6.95. The number of carbonyl (C=O) groups is 1. The van der Waals surface area contributed by atoms with Crippen LogP contribution in [-0.2, 0) is 4.79 Å². The predicted octanol–water partition coefficient (Wildman–Crippen LogP) is -0.616. The molecule has 1 saturated heterocycles. The highest BCUT2D eigenvalue weighted by Crippen LogP contribution is 1.65. The SMILES string of the molecule is C1CNCCN1.CC=O. The van der Waals surface area contributed by atoms with Crippen molar-refractivity contribution in [3.05, 3.63) is 0 Å². The molecule has 0 aliphatic carbocycles. The van der Waals surface area contributed by atoms with Gasteiger partial charge < -0.3 is 15.4 Å². The number of hydrogen-bond acceptors (Lipinski definition) is 3. The fourth-order valence-corrected chi connectivity index (χ4v) is 0.604. The van der Waals surface area contributed by atoms with Crippen LogP contribution in [0.2, 0.25) is 0 Å². The first-order valence-electron chi connectivity index (χ1n) is 3.23. The summed E-state index contributed by atoms with van der Waals surface area (Å²) in [6, 6.07) is 0. The summed E-state index contributed by atoms with van der Waals surface area (Å²) in [5, 5.41) is 6.44. The van der Waals surface area contributed by atoms with E-state index in [9.17, 15) is 0 Å². The molecule has 54 valence electrons. The van der Waals surface area contributed by atoms with Crippen molar-refractivity contribution in [2.75, 3.05) is 26.2 Å². The van der Waals surface area contributed by atoms with Gasteiger partial charge in [-0.2, -0.15) is 0 Å². The molecule has 0 aromatic heterocycles. The minimum atomic E-state index is 0.750. The predicted molar refractivity (Wildman–Crippen MR) is 37.5 cm³/mol. The molecule has 3 nitrogen and oxygen atoms in total. The second kappa shape index (κ2) is 7.59. The van der Waals surface area contributed by atoms with Gasteiger partial charge in [0.2, 0.25) is 0 Å². The maximum atomic E-state index is 8.81. The number of carbonyl (C=O) groups excluding carboxylic acids is 1. The van der Waals surface area contributed by atoms with Gasteiger partial charge in [0.25, 0.3) is 0 Å². The molecule has 2 N–H and O–H groups in total. The van der Waals surface area contributed by atoms with Crippen LogP contribution in [0.4, 0.5) is 0 Å². The Labute approximate surface area is 55.8 Å². The summed E-state index contributed by atoms with van der Waals surface area (Å²) in [7, 11) is 0. The fourth-order valence-electron chi connectivity index (χ4n) is 0.604. The van der Waals surface area contributed by atoms with Gasteiger partial charge in [-0.3, -0.25) is 0 Å². The Kier molecular flexibility index (Phi) is 7.24. The molecule has 3 heteroatoms. The maximum absolute atomic E-state index is 8.81. The lowest BCUT2D eigenvalue weighted by Gasteiger charge is -2.11. The van der Waals surface area contributed by atoms with Crippen LogP contribution in [-0.4, -0.2) is 32.5 Å². The van der Waals surface area contributed by atoms with Gasteiger partial charge in [-0.1, -0.05) is 0 Å². The van der Waals surface area contributed by atoms with E-state index in [4.69, 9.17) is 4.79 Å². The Balaban J connectivity index is 0.000000187. The van der Waals surface area contributed by atoms with Crippen molar-refractivity contribution in [2.45, 2.75) is 6.92 Å². The number of hydrogen-bond donors (Lipinski definition) is 2. The van der Waals surface area contributed by atoms with Gasteiger partial charge in [-0.05, 0) is 6.92 Å². The Morgan fingerprint density at radius 1 is 1.11 bits per heavy atom. The van der Waals surface area contributed by atoms with Crippen LogP contribution < -0.4 is 10.6 Å². The van der Waals surface area contributed by atoms with Crippen molar-refractivity contribution in [1.82, 2.24) is 10.6 Å². The van der Waals surface area contributed by atoms with Crippen LogP contribution in [0.15, 0.2) is 0 Å². The van der Waals surface area contributed by atoms with E-state index >= 15 is 0 Å². The van der Waals surface area contributed by atoms with Crippen molar-refractivity contribution in [2.24, 2.45) is 0 Å². The molecule has 0 aromatic carbocycles. The van der Waals surface area contributed by atoms with E-state index in [0.29, 0.717) is 0 Å². The topological polar surface area (TPSA) is 41.1 Å². The van der Waals surface area contributed by atoms with E-state index in [0.717, 1.165) is 32.5 Å². The first kappa shape index (κ1) is 8.59. The molecule has 0 atom stereocenters. The zero-order valence-electron chi connectivity index (χ0n) is 5.81. The minimum Gasteiger partial charge on any atom is -0.314 e. The molecule has 1 aliphatic rings. The molecular formula is C6H14N2O. The van der Waals surface area contributed by atoms with Gasteiger partial charge in [0.15, 0.2) is 0 Å². The summed E-state index contributed by atoms with van der Waals surface area (Å²) >= 11 is 0. The zero-order valence-corrected chi connectivity index (χ0v) is 5.81. The van der Waals surface area contributed by atoms with Crippen LogP contribution in [0, 0.1) is 0 Å². The fraction of sp³-hybridized carbons (Fsp3) is 0.833. The molecule has 0 saturated carbocycles. The van der Waals surface area contributed by atoms with Crippen molar-refractivity contribution in [3.8, 4) is 0 Å². The second-order valence-electron chi connectivity index (χ2n) is 1.74. The third-order valence-corrected chi connectivity index (χ3v) is 0.957. The van der Waals surface area contributed by atoms with E-state index in [2.05, 4.69) is 10.6 Å². The monoisotopic (exact) mass is 130 g/mol. The molecule has 0 spiro atoms. The lowest BCUT2D eigenvalue weighted by atomic mass is 10.4. The van der Waals surface area contributed by atoms with E-state index in [1.54, 1.807) is 0 Å². The number of nitrogens with one attached hydrogen (secondary N) is 2. The lowest BCUT2D eigenvalue weighted by molar-refractivity contribution is -0.106. The van der Waals surface area contributed by atoms with Crippen LogP contribution >= 0.6 is 0 Å². The average Bonchev–Trinajstić information content (AvgIpc) is 1.93. The normalized spacial score (nSPS) is 17.4. The van der Waals surface area contributed by atoms with Crippen LogP contribution in [0.1, 0.15) is 6.92 Å². The number of rotatable bonds is 0. The highest BCUT2D eigenvalue weighted by molar-refractivity contribution is 5.44. The quantitative estimate of drug-likeness (QED) is 0.430. The van der Waals surface area contributed by atoms with E-state index in [1.165, 1.54) is 6.92 Å². The maximum Gasteiger partial charge on any atom is 0.116 e. The summed E-state index contributed by atoms with van der Waals surface area (Å²) in [6.45, 7) is 6.00. The third kappa shape index (κ3) is 7.59. The van der Waals surface area contributed by atoms with Crippen molar-refractivity contribution < 1.29 is 4.79 Å². The molecule has 0 bridgehead atoms. The molecule has 0 radical (unpaired) electrons. The van der Waals surface area contributed by atoms with Crippen LogP contribution in [0.25, 0.3) is 0 Å². The summed E-state index contributed by atoms with van der Waals surface area (Å²) in [4.78, 5) is 8.81. The summed E-state index contributed by atoms with van der Waals surface area (Å²) in [5.74, 6) is 0. The van der Waals surface area contributed by atoms with Crippen molar-refractivity contribution >= 4 is 6.29 Å². The van der Waals surface area contributed by atoms with Crippen molar-refractivity contribution in [1.29, 1.82) is 0 Å². The van der Waals surface area contributed by atoms with Crippen molar-refractivity contribution in [3.63, 3.8) is 0 Å². The van der Waals surface area contributed by atoms with E-state index in [-0.39, 0.29) is 0 Å². The Morgan fingerprint density at radius 3 is 1.44 bits per heavy atom. The molecule has 0 unspecified atom stereocenters. The largest absolute Gasteiger partial charge is 0.314 e. The summed E-state index contributed by atoms with van der Waals surface area (Å²) in [5.41, 5.74) is 0. The summed E-state index contributed by atoms with van der Waals surface area (Å²) in [6.07, 6.45) is 0.750. The highest BCUT2D eigenvalue weighted by atomic mass is 16.1. The Bertz CT molecular complexity index is 50.6. The molecule has 1 heterocycles. The number of aldehydes is 1. The smallest absolute Gasteiger partial charge is 0.116 e. The Hall–Kier alpha value is -0.410. The van der Waals surface area contributed by atoms with Crippen LogP contribution in [0.3, 0.4) is 0 Å². The van der Waals surface area contributed by atoms with Gasteiger partial charge in [-0.15, -0.1) is 0 Å². The van der Waals surface area contributed by atoms with Gasteiger partial charge in [0.1, 0.15) is 6.29 Å². The molecule has 1 aliphatic heterocycles. The molecule has 0 amide bonds. The van der Waals surface area contributed by atoms with E-state index < -0.39 is 0 Å². The number of piperazine rings is 1. The van der Waals surface area contributed by atoms with Gasteiger partial charge in [0.05, 0.1) is 0 Å². The van der Waals surface area contributed by atoms with E-state index in [1.807, 2.05) is 0 Å². The van der Waals surface area contributed by atoms with Gasteiger partial charge >= 0.3 is 0 Å². The van der Waals surface area contributed by atoms with Crippen LogP contribution in [0.5, 0.6) is 0 Å². The third-order valence-electron chi connectivity index (χ3n) is 0.957. The molecule has 1 rings (SSSR count). The molecular weight excluding hydrogens is 116 g/mol. The lowest BCUT2D eigenvalue weighted by Crippen LogP contribution is -2.39.